The molecule has 0 saturated carbocycles. The average molecular weight is 502 g/mol. The second kappa shape index (κ2) is 7.62. The van der Waals surface area contributed by atoms with Crippen molar-refractivity contribution in [1.82, 2.24) is 0 Å². The SMILES string of the molecule is C[Si](C)(C)[Si](OCc1cc(C(F)(F)F)ccc1Br)([Si](C)(C)C)[Si](C)(C)C. The Morgan fingerprint density at radius 3 is 1.62 bits per heavy atom. The summed E-state index contributed by atoms with van der Waals surface area (Å²) in [7, 11) is -4.88. The predicted octanol–water partition coefficient (Wildman–Crippen LogP) is 7.18. The molecular formula is C17H32BrF3OSi4. The van der Waals surface area contributed by atoms with Crippen LogP contribution in [0.3, 0.4) is 0 Å². The molecule has 0 fully saturated rings. The first-order chi connectivity index (χ1) is 11.3. The molecule has 0 heterocycles. The van der Waals surface area contributed by atoms with Gasteiger partial charge in [-0.2, -0.15) is 13.2 Å². The highest BCUT2D eigenvalue weighted by molar-refractivity contribution is 9.10. The van der Waals surface area contributed by atoms with Crippen molar-refractivity contribution in [2.75, 3.05) is 0 Å². The van der Waals surface area contributed by atoms with Crippen LogP contribution in [0.4, 0.5) is 13.2 Å². The van der Waals surface area contributed by atoms with Crippen molar-refractivity contribution in [1.29, 1.82) is 0 Å². The van der Waals surface area contributed by atoms with Gasteiger partial charge in [0.1, 0.15) is 0 Å². The Bertz CT molecular complexity index is 607. The zero-order valence-corrected chi connectivity index (χ0v) is 22.9. The summed E-state index contributed by atoms with van der Waals surface area (Å²) in [5, 5.41) is 0. The van der Waals surface area contributed by atoms with Gasteiger partial charge in [-0.05, 0) is 23.8 Å². The summed E-state index contributed by atoms with van der Waals surface area (Å²) in [5.41, 5.74) is -0.00738. The number of halogens is 4. The first-order valence-electron chi connectivity index (χ1n) is 8.84. The van der Waals surface area contributed by atoms with Gasteiger partial charge >= 0.3 is 6.18 Å². The van der Waals surface area contributed by atoms with Gasteiger partial charge in [-0.15, -0.1) is 0 Å². The van der Waals surface area contributed by atoms with Gasteiger partial charge < -0.3 is 4.43 Å². The zero-order chi connectivity index (χ0) is 20.8. The smallest absolute Gasteiger partial charge is 0.416 e. The molecule has 9 heteroatoms. The van der Waals surface area contributed by atoms with Crippen molar-refractivity contribution < 1.29 is 17.6 Å². The first kappa shape index (κ1) is 24.4. The lowest BCUT2D eigenvalue weighted by Crippen LogP contribution is -2.84. The molecule has 0 spiro atoms. The molecule has 0 N–H and O–H groups in total. The fourth-order valence-electron chi connectivity index (χ4n) is 5.07. The molecule has 0 amide bonds. The molecule has 0 unspecified atom stereocenters. The number of benzene rings is 1. The topological polar surface area (TPSA) is 9.23 Å². The third kappa shape index (κ3) is 4.83. The van der Waals surface area contributed by atoms with E-state index in [-0.39, 0.29) is 6.61 Å². The van der Waals surface area contributed by atoms with E-state index in [9.17, 15) is 13.2 Å². The molecule has 0 atom stereocenters. The van der Waals surface area contributed by atoms with E-state index in [0.29, 0.717) is 10.0 Å². The van der Waals surface area contributed by atoms with Crippen LogP contribution in [-0.4, -0.2) is 29.6 Å². The standard InChI is InChI=1S/C17H32BrF3OSi4/c1-23(2,3)26(24(4,5)6,25(7,8)9)22-13-14-12-15(17(19,20)21)10-11-16(14)18/h10-12H,13H2,1-9H3. The van der Waals surface area contributed by atoms with Gasteiger partial charge in [-0.1, -0.05) is 74.9 Å². The molecule has 26 heavy (non-hydrogen) atoms. The maximum absolute atomic E-state index is 13.1. The normalized spacial score (nSPS) is 14.7. The van der Waals surface area contributed by atoms with E-state index in [1.165, 1.54) is 12.1 Å². The summed E-state index contributed by atoms with van der Waals surface area (Å²) in [6.45, 7) is 19.8. The number of alkyl halides is 3. The van der Waals surface area contributed by atoms with Crippen LogP contribution in [-0.2, 0) is 17.2 Å². The quantitative estimate of drug-likeness (QED) is 0.375. The summed E-state index contributed by atoms with van der Waals surface area (Å²) in [4.78, 5) is 0. The van der Waals surface area contributed by atoms with Crippen LogP contribution in [0.15, 0.2) is 22.7 Å². The fraction of sp³-hybridized carbons (Fsp3) is 0.647. The summed E-state index contributed by atoms with van der Waals surface area (Å²) < 4.78 is 46.9. The lowest BCUT2D eigenvalue weighted by molar-refractivity contribution is -0.137. The summed E-state index contributed by atoms with van der Waals surface area (Å²) in [5.74, 6) is 0. The largest absolute Gasteiger partial charge is 0.422 e. The highest BCUT2D eigenvalue weighted by Crippen LogP contribution is 2.39. The summed E-state index contributed by atoms with van der Waals surface area (Å²) >= 11 is 3.42. The Balaban J connectivity index is 3.41. The minimum absolute atomic E-state index is 0.273. The van der Waals surface area contributed by atoms with E-state index in [4.69, 9.17) is 4.43 Å². The van der Waals surface area contributed by atoms with Crippen LogP contribution >= 0.6 is 15.9 Å². The molecule has 0 bridgehead atoms. The first-order valence-corrected chi connectivity index (χ1v) is 25.0. The molecule has 1 aromatic rings. The number of hydrogen-bond acceptors (Lipinski definition) is 1. The molecule has 1 rings (SSSR count). The van der Waals surface area contributed by atoms with Crippen LogP contribution in [0.2, 0.25) is 58.9 Å². The highest BCUT2D eigenvalue weighted by atomic mass is 79.9. The Morgan fingerprint density at radius 2 is 1.27 bits per heavy atom. The zero-order valence-electron chi connectivity index (χ0n) is 17.4. The molecule has 0 aromatic heterocycles. The molecule has 0 aliphatic rings. The van der Waals surface area contributed by atoms with Crippen LogP contribution in [0, 0.1) is 0 Å². The maximum atomic E-state index is 13.1. The predicted molar refractivity (Wildman–Crippen MR) is 120 cm³/mol. The van der Waals surface area contributed by atoms with Crippen molar-refractivity contribution in [3.63, 3.8) is 0 Å². The molecule has 0 radical (unpaired) electrons. The van der Waals surface area contributed by atoms with E-state index in [1.807, 2.05) is 0 Å². The molecule has 150 valence electrons. The minimum Gasteiger partial charge on any atom is -0.422 e. The molecular weight excluding hydrogens is 469 g/mol. The minimum atomic E-state index is -4.33. The van der Waals surface area contributed by atoms with Gasteiger partial charge in [0, 0.05) is 4.47 Å². The van der Waals surface area contributed by atoms with Crippen LogP contribution in [0.1, 0.15) is 11.1 Å². The van der Waals surface area contributed by atoms with Crippen molar-refractivity contribution >= 4 is 45.6 Å². The van der Waals surface area contributed by atoms with Gasteiger partial charge in [0.05, 0.1) is 34.9 Å². The van der Waals surface area contributed by atoms with Crippen LogP contribution in [0.25, 0.3) is 0 Å². The number of rotatable bonds is 6. The lowest BCUT2D eigenvalue weighted by atomic mass is 10.1. The monoisotopic (exact) mass is 500 g/mol. The van der Waals surface area contributed by atoms with E-state index in [1.54, 1.807) is 0 Å². The maximum Gasteiger partial charge on any atom is 0.416 e. The van der Waals surface area contributed by atoms with Gasteiger partial charge in [0.2, 0.25) is 0 Å². The van der Waals surface area contributed by atoms with Gasteiger partial charge in [0.15, 0.2) is 6.87 Å². The Hall–Kier alpha value is 0.318. The van der Waals surface area contributed by atoms with E-state index < -0.39 is 41.4 Å². The second-order valence-electron chi connectivity index (χ2n) is 10.0. The summed E-state index contributed by atoms with van der Waals surface area (Å²) in [6.07, 6.45) is -4.33. The Morgan fingerprint density at radius 1 is 0.846 bits per heavy atom. The van der Waals surface area contributed by atoms with Gasteiger partial charge in [-0.3, -0.25) is 0 Å². The van der Waals surface area contributed by atoms with Gasteiger partial charge in [-0.25, -0.2) is 0 Å². The van der Waals surface area contributed by atoms with E-state index >= 15 is 0 Å². The van der Waals surface area contributed by atoms with E-state index in [2.05, 4.69) is 74.9 Å². The van der Waals surface area contributed by atoms with E-state index in [0.717, 1.165) is 6.07 Å². The van der Waals surface area contributed by atoms with Crippen LogP contribution in [0.5, 0.6) is 0 Å². The fourth-order valence-corrected chi connectivity index (χ4v) is 99.4. The van der Waals surface area contributed by atoms with Crippen molar-refractivity contribution in [3.8, 4) is 0 Å². The molecule has 0 saturated heterocycles. The third-order valence-corrected chi connectivity index (χ3v) is 73.5. The molecule has 1 aromatic carbocycles. The average Bonchev–Trinajstić information content (AvgIpc) is 2.34. The van der Waals surface area contributed by atoms with Crippen molar-refractivity contribution in [3.05, 3.63) is 33.8 Å². The molecule has 1 nitrogen and oxygen atoms in total. The molecule has 0 aliphatic heterocycles. The highest BCUT2D eigenvalue weighted by Gasteiger charge is 2.63. The van der Waals surface area contributed by atoms with Gasteiger partial charge in [0.25, 0.3) is 0 Å². The third-order valence-electron chi connectivity index (χ3n) is 4.99. The van der Waals surface area contributed by atoms with Crippen molar-refractivity contribution in [2.24, 2.45) is 0 Å². The number of hydrogen-bond donors (Lipinski definition) is 0. The Labute approximate surface area is 168 Å². The van der Waals surface area contributed by atoms with Crippen molar-refractivity contribution in [2.45, 2.75) is 71.7 Å². The summed E-state index contributed by atoms with van der Waals surface area (Å²) in [6, 6.07) is 3.85. The lowest BCUT2D eigenvalue weighted by Gasteiger charge is -2.56. The van der Waals surface area contributed by atoms with Crippen LogP contribution < -0.4 is 0 Å². The second-order valence-corrected chi connectivity index (χ2v) is 50.4. The molecule has 0 aliphatic carbocycles. The Kier molecular flexibility index (Phi) is 7.14.